The summed E-state index contributed by atoms with van der Waals surface area (Å²) in [5.41, 5.74) is 6.19. The van der Waals surface area contributed by atoms with Crippen molar-refractivity contribution < 1.29 is 0 Å². The first-order valence-corrected chi connectivity index (χ1v) is 6.45. The first kappa shape index (κ1) is 11.3. The first-order chi connectivity index (χ1) is 7.18. The molecule has 0 spiro atoms. The van der Waals surface area contributed by atoms with Gasteiger partial charge < -0.3 is 5.73 Å². The van der Waals surface area contributed by atoms with Gasteiger partial charge in [-0.2, -0.15) is 0 Å². The van der Waals surface area contributed by atoms with Crippen LogP contribution in [0.1, 0.15) is 30.3 Å². The second kappa shape index (κ2) is 4.78. The molecule has 2 heterocycles. The number of rotatable bonds is 1. The summed E-state index contributed by atoms with van der Waals surface area (Å²) in [5, 5.41) is 1.05. The Kier molecular flexibility index (Phi) is 3.61. The lowest BCUT2D eigenvalue weighted by Gasteiger charge is -2.28. The Bertz CT molecular complexity index is 316. The molecule has 2 unspecified atom stereocenters. The maximum absolute atomic E-state index is 6.19. The largest absolute Gasteiger partial charge is 0.326 e. The molecule has 5 heteroatoms. The number of hydrogen-bond donors (Lipinski definition) is 1. The van der Waals surface area contributed by atoms with E-state index >= 15 is 0 Å². The van der Waals surface area contributed by atoms with Crippen LogP contribution in [0, 0.1) is 0 Å². The Morgan fingerprint density at radius 2 is 2.40 bits per heavy atom. The highest BCUT2D eigenvalue weighted by Gasteiger charge is 2.28. The van der Waals surface area contributed by atoms with Crippen LogP contribution in [0.4, 0.5) is 0 Å². The van der Waals surface area contributed by atoms with E-state index in [0.29, 0.717) is 0 Å². The fourth-order valence-electron chi connectivity index (χ4n) is 2.14. The zero-order valence-corrected chi connectivity index (χ0v) is 10.4. The van der Waals surface area contributed by atoms with Crippen LogP contribution < -0.4 is 5.73 Å². The second-order valence-electron chi connectivity index (χ2n) is 4.09. The van der Waals surface area contributed by atoms with E-state index in [-0.39, 0.29) is 12.1 Å². The maximum atomic E-state index is 6.19. The predicted octanol–water partition coefficient (Wildman–Crippen LogP) is 2.28. The molecule has 0 aliphatic carbocycles. The summed E-state index contributed by atoms with van der Waals surface area (Å²) in [7, 11) is 2.12. The summed E-state index contributed by atoms with van der Waals surface area (Å²) < 4.78 is 0.745. The average Bonchev–Trinajstić information content (AvgIpc) is 2.52. The molecule has 84 valence electrons. The van der Waals surface area contributed by atoms with Gasteiger partial charge in [0, 0.05) is 6.04 Å². The fourth-order valence-corrected chi connectivity index (χ4v) is 3.31. The third-order valence-electron chi connectivity index (χ3n) is 2.93. The third-order valence-corrected chi connectivity index (χ3v) is 4.11. The Balaban J connectivity index is 2.23. The normalized spacial score (nSPS) is 29.0. The molecule has 1 aromatic rings. The lowest BCUT2D eigenvalue weighted by atomic mass is 10.1. The lowest BCUT2D eigenvalue weighted by Crippen LogP contribution is -2.37. The Hall–Kier alpha value is -0.160. The van der Waals surface area contributed by atoms with Gasteiger partial charge in [0.1, 0.15) is 9.34 Å². The van der Waals surface area contributed by atoms with Crippen LogP contribution in [0.15, 0.2) is 6.20 Å². The van der Waals surface area contributed by atoms with Crippen LogP contribution in [0.3, 0.4) is 0 Å². The van der Waals surface area contributed by atoms with Crippen LogP contribution in [0.5, 0.6) is 0 Å². The number of likely N-dealkylation sites (tertiary alicyclic amines) is 1. The van der Waals surface area contributed by atoms with Crippen molar-refractivity contribution >= 4 is 22.9 Å². The van der Waals surface area contributed by atoms with Gasteiger partial charge in [-0.25, -0.2) is 4.98 Å². The first-order valence-electron chi connectivity index (χ1n) is 5.25. The Morgan fingerprint density at radius 3 is 3.07 bits per heavy atom. The van der Waals surface area contributed by atoms with Crippen molar-refractivity contribution in [2.75, 3.05) is 13.6 Å². The number of thiazole rings is 1. The molecule has 1 fully saturated rings. The van der Waals surface area contributed by atoms with Gasteiger partial charge in [-0.3, -0.25) is 4.90 Å². The number of hydrogen-bond acceptors (Lipinski definition) is 4. The Labute approximate surface area is 99.2 Å². The van der Waals surface area contributed by atoms with Crippen molar-refractivity contribution in [1.82, 2.24) is 9.88 Å². The van der Waals surface area contributed by atoms with Crippen LogP contribution in [-0.4, -0.2) is 29.5 Å². The van der Waals surface area contributed by atoms with Crippen LogP contribution in [-0.2, 0) is 0 Å². The molecular formula is C10H16ClN3S. The zero-order chi connectivity index (χ0) is 10.8. The van der Waals surface area contributed by atoms with Gasteiger partial charge in [-0.05, 0) is 26.4 Å². The van der Waals surface area contributed by atoms with E-state index < -0.39 is 0 Å². The van der Waals surface area contributed by atoms with Crippen LogP contribution in [0.2, 0.25) is 4.34 Å². The second-order valence-corrected chi connectivity index (χ2v) is 5.78. The summed E-state index contributed by atoms with van der Waals surface area (Å²) in [4.78, 5) is 6.65. The smallest absolute Gasteiger partial charge is 0.113 e. The predicted molar refractivity (Wildman–Crippen MR) is 64.3 cm³/mol. The van der Waals surface area contributed by atoms with Gasteiger partial charge in [0.05, 0.1) is 12.2 Å². The number of halogens is 1. The van der Waals surface area contributed by atoms with Crippen LogP contribution >= 0.6 is 22.9 Å². The minimum absolute atomic E-state index is 0.180. The molecule has 0 amide bonds. The van der Waals surface area contributed by atoms with Crippen molar-refractivity contribution in [2.24, 2.45) is 5.73 Å². The van der Waals surface area contributed by atoms with E-state index in [1.165, 1.54) is 12.8 Å². The van der Waals surface area contributed by atoms with Gasteiger partial charge in [0.25, 0.3) is 0 Å². The average molecular weight is 246 g/mol. The highest BCUT2D eigenvalue weighted by molar-refractivity contribution is 7.15. The van der Waals surface area contributed by atoms with Crippen molar-refractivity contribution in [3.63, 3.8) is 0 Å². The molecule has 0 saturated carbocycles. The number of aromatic nitrogens is 1. The number of likely N-dealkylation sites (N-methyl/N-ethyl adjacent to an activating group) is 1. The molecule has 3 nitrogen and oxygen atoms in total. The molecule has 1 aliphatic rings. The molecule has 0 aromatic carbocycles. The standard InChI is InChI=1S/C10H16ClN3S/c1-14-5-3-2-4-7(12)9(14)10-13-6-8(11)15-10/h6-7,9H,2-5,12H2,1H3. The van der Waals surface area contributed by atoms with Gasteiger partial charge in [-0.15, -0.1) is 11.3 Å². The van der Waals surface area contributed by atoms with Gasteiger partial charge in [-0.1, -0.05) is 18.0 Å². The van der Waals surface area contributed by atoms with E-state index in [0.717, 1.165) is 22.3 Å². The molecule has 15 heavy (non-hydrogen) atoms. The molecular weight excluding hydrogens is 230 g/mol. The lowest BCUT2D eigenvalue weighted by molar-refractivity contribution is 0.229. The van der Waals surface area contributed by atoms with Gasteiger partial charge in [0.15, 0.2) is 0 Å². The Morgan fingerprint density at radius 1 is 1.60 bits per heavy atom. The molecule has 0 radical (unpaired) electrons. The summed E-state index contributed by atoms with van der Waals surface area (Å²) in [6, 6.07) is 0.421. The molecule has 1 aromatic heterocycles. The van der Waals surface area contributed by atoms with Crippen LogP contribution in [0.25, 0.3) is 0 Å². The van der Waals surface area contributed by atoms with Gasteiger partial charge in [0.2, 0.25) is 0 Å². The summed E-state index contributed by atoms with van der Waals surface area (Å²) in [6.07, 6.45) is 5.22. The van der Waals surface area contributed by atoms with E-state index in [1.54, 1.807) is 17.5 Å². The molecule has 2 atom stereocenters. The monoisotopic (exact) mass is 245 g/mol. The quantitative estimate of drug-likeness (QED) is 0.826. The number of nitrogens with zero attached hydrogens (tertiary/aromatic N) is 2. The van der Waals surface area contributed by atoms with Crippen molar-refractivity contribution in [1.29, 1.82) is 0 Å². The minimum atomic E-state index is 0.180. The number of nitrogens with two attached hydrogens (primary N) is 1. The summed E-state index contributed by atoms with van der Waals surface area (Å²) in [6.45, 7) is 1.09. The zero-order valence-electron chi connectivity index (χ0n) is 8.82. The fraction of sp³-hybridized carbons (Fsp3) is 0.700. The molecule has 1 aliphatic heterocycles. The highest BCUT2D eigenvalue weighted by Crippen LogP contribution is 2.32. The van der Waals surface area contributed by atoms with Crippen molar-refractivity contribution in [2.45, 2.75) is 31.3 Å². The summed E-state index contributed by atoms with van der Waals surface area (Å²) in [5.74, 6) is 0. The van der Waals surface area contributed by atoms with Gasteiger partial charge >= 0.3 is 0 Å². The maximum Gasteiger partial charge on any atom is 0.113 e. The van der Waals surface area contributed by atoms with E-state index in [9.17, 15) is 0 Å². The topological polar surface area (TPSA) is 42.1 Å². The van der Waals surface area contributed by atoms with Crippen molar-refractivity contribution in [3.05, 3.63) is 15.5 Å². The third kappa shape index (κ3) is 2.50. The molecule has 2 N–H and O–H groups in total. The summed E-state index contributed by atoms with van der Waals surface area (Å²) >= 11 is 7.46. The van der Waals surface area contributed by atoms with E-state index in [2.05, 4.69) is 16.9 Å². The molecule has 2 rings (SSSR count). The SMILES string of the molecule is CN1CCCCC(N)C1c1ncc(Cl)s1. The molecule has 0 bridgehead atoms. The minimum Gasteiger partial charge on any atom is -0.326 e. The highest BCUT2D eigenvalue weighted by atomic mass is 35.5. The van der Waals surface area contributed by atoms with E-state index in [4.69, 9.17) is 17.3 Å². The van der Waals surface area contributed by atoms with E-state index in [1.807, 2.05) is 0 Å². The molecule has 1 saturated heterocycles. The van der Waals surface area contributed by atoms with Crippen molar-refractivity contribution in [3.8, 4) is 0 Å².